The first kappa shape index (κ1) is 43.6. The van der Waals surface area contributed by atoms with Gasteiger partial charge in [-0.05, 0) is 76.9 Å². The van der Waals surface area contributed by atoms with Crippen molar-refractivity contribution in [1.29, 1.82) is 0 Å². The largest absolute Gasteiger partial charge is 0.494 e. The molecule has 0 saturated carbocycles. The monoisotopic (exact) mass is 814 g/mol. The molecule has 0 amide bonds. The Morgan fingerprint density at radius 1 is 0.650 bits per heavy atom. The van der Waals surface area contributed by atoms with E-state index in [1.165, 1.54) is 0 Å². The molecule has 1 N–H and O–H groups in total. The van der Waals surface area contributed by atoms with Gasteiger partial charge in [0.25, 0.3) is 0 Å². The van der Waals surface area contributed by atoms with Gasteiger partial charge in [-0.15, -0.1) is 0 Å². The van der Waals surface area contributed by atoms with Crippen LogP contribution in [0.2, 0.25) is 0 Å². The average Bonchev–Trinajstić information content (AvgIpc) is 3.25. The lowest BCUT2D eigenvalue weighted by Crippen LogP contribution is -2.54. The fourth-order valence-corrected chi connectivity index (χ4v) is 6.75. The molecule has 2 aliphatic heterocycles. The van der Waals surface area contributed by atoms with Crippen molar-refractivity contribution in [2.24, 2.45) is 0 Å². The van der Waals surface area contributed by atoms with Crippen molar-refractivity contribution in [3.05, 3.63) is 150 Å². The molecule has 2 aliphatic rings. The molecule has 0 radical (unpaired) electrons. The number of hydrogen-bond acceptors (Lipinski definition) is 10. The Morgan fingerprint density at radius 3 is 1.58 bits per heavy atom. The van der Waals surface area contributed by atoms with E-state index in [4.69, 9.17) is 28.4 Å². The second kappa shape index (κ2) is 22.4. The van der Waals surface area contributed by atoms with Crippen LogP contribution in [-0.4, -0.2) is 64.0 Å². The van der Waals surface area contributed by atoms with Gasteiger partial charge in [0.05, 0.1) is 45.3 Å². The van der Waals surface area contributed by atoms with E-state index < -0.39 is 0 Å². The number of nitrogens with zero attached hydrogens (tertiary/aromatic N) is 1. The van der Waals surface area contributed by atoms with Crippen LogP contribution < -0.4 is 29.2 Å². The highest BCUT2D eigenvalue weighted by Crippen LogP contribution is 2.36. The number of nitrogens with one attached hydrogen (secondary N) is 1. The normalized spacial score (nSPS) is 14.6. The first-order chi connectivity index (χ1) is 29.3. The van der Waals surface area contributed by atoms with Gasteiger partial charge in [-0.1, -0.05) is 106 Å². The average molecular weight is 815 g/mol. The van der Waals surface area contributed by atoms with Crippen molar-refractivity contribution in [1.82, 2.24) is 5.32 Å². The SMILES string of the molecule is CCCOc1ccc(N2CC(Oc3ccc([C@H](C)CC(=O)OCc4ccccc4)cc3)C2)c(OC)c1.C[C@H](CC(=O)OCc1ccccc1)c1ccc(OC2CNC2)cc1. The van der Waals surface area contributed by atoms with Crippen molar-refractivity contribution in [2.75, 3.05) is 44.8 Å². The third kappa shape index (κ3) is 13.3. The fourth-order valence-electron chi connectivity index (χ4n) is 6.75. The molecule has 0 aromatic heterocycles. The van der Waals surface area contributed by atoms with Crippen molar-refractivity contribution in [3.63, 3.8) is 0 Å². The van der Waals surface area contributed by atoms with Gasteiger partial charge in [0, 0.05) is 19.2 Å². The van der Waals surface area contributed by atoms with Crippen LogP contribution in [-0.2, 0) is 32.3 Å². The van der Waals surface area contributed by atoms with Gasteiger partial charge in [-0.3, -0.25) is 9.59 Å². The second-order valence-electron chi connectivity index (χ2n) is 15.4. The summed E-state index contributed by atoms with van der Waals surface area (Å²) < 4.78 is 34.0. The zero-order chi connectivity index (χ0) is 42.1. The summed E-state index contributed by atoms with van der Waals surface area (Å²) in [6, 6.07) is 41.4. The number of anilines is 1. The zero-order valence-corrected chi connectivity index (χ0v) is 35.2. The van der Waals surface area contributed by atoms with Gasteiger partial charge in [0.2, 0.25) is 0 Å². The molecule has 0 bridgehead atoms. The summed E-state index contributed by atoms with van der Waals surface area (Å²) in [5.41, 5.74) is 5.25. The number of rotatable bonds is 19. The fraction of sp³-hybridized carbons (Fsp3) is 0.360. The predicted octanol–water partition coefficient (Wildman–Crippen LogP) is 9.26. The van der Waals surface area contributed by atoms with Crippen LogP contribution in [0.15, 0.2) is 127 Å². The zero-order valence-electron chi connectivity index (χ0n) is 35.2. The molecule has 7 rings (SSSR count). The number of carbonyl (C=O) groups excluding carboxylic acids is 2. The Labute approximate surface area is 354 Å². The van der Waals surface area contributed by atoms with E-state index in [9.17, 15) is 9.59 Å². The molecule has 0 aliphatic carbocycles. The molecule has 10 nitrogen and oxygen atoms in total. The molecule has 5 aromatic carbocycles. The molecule has 10 heteroatoms. The van der Waals surface area contributed by atoms with Gasteiger partial charge in [-0.2, -0.15) is 0 Å². The van der Waals surface area contributed by atoms with E-state index in [0.717, 1.165) is 83.5 Å². The molecule has 5 aromatic rings. The molecule has 0 spiro atoms. The first-order valence-corrected chi connectivity index (χ1v) is 20.9. The highest BCUT2D eigenvalue weighted by Gasteiger charge is 2.31. The Kier molecular flexibility index (Phi) is 16.3. The lowest BCUT2D eigenvalue weighted by atomic mass is 9.98. The van der Waals surface area contributed by atoms with Crippen LogP contribution in [0.4, 0.5) is 5.69 Å². The number of ether oxygens (including phenoxy) is 6. The van der Waals surface area contributed by atoms with E-state index in [-0.39, 0.29) is 36.0 Å². The van der Waals surface area contributed by atoms with Gasteiger partial charge < -0.3 is 38.6 Å². The van der Waals surface area contributed by atoms with Crippen molar-refractivity contribution < 1.29 is 38.0 Å². The molecule has 2 heterocycles. The summed E-state index contributed by atoms with van der Waals surface area (Å²) in [6.45, 7) is 10.9. The third-order valence-electron chi connectivity index (χ3n) is 10.5. The van der Waals surface area contributed by atoms with Crippen molar-refractivity contribution in [2.45, 2.75) is 77.3 Å². The predicted molar refractivity (Wildman–Crippen MR) is 234 cm³/mol. The van der Waals surface area contributed by atoms with Crippen LogP contribution in [0.1, 0.15) is 74.1 Å². The smallest absolute Gasteiger partial charge is 0.306 e. The minimum Gasteiger partial charge on any atom is -0.494 e. The van der Waals surface area contributed by atoms with Crippen LogP contribution >= 0.6 is 0 Å². The Bertz CT molecular complexity index is 2050. The van der Waals surface area contributed by atoms with Gasteiger partial charge in [0.1, 0.15) is 48.4 Å². The number of esters is 2. The maximum atomic E-state index is 12.3. The minimum atomic E-state index is -0.193. The highest BCUT2D eigenvalue weighted by molar-refractivity contribution is 5.71. The Hall–Kier alpha value is -6.00. The van der Waals surface area contributed by atoms with E-state index in [1.807, 2.05) is 141 Å². The standard InChI is InChI=1S/C30H35NO5.C20H23NO3/c1-4-16-34-26-14-15-28(29(18-26)33-3)31-19-27(20-31)36-25-12-10-24(11-13-25)22(2)17-30(32)35-21-23-8-6-5-7-9-23;1-15(11-20(22)23-14-16-5-3-2-4-6-16)17-7-9-18(10-8-17)24-19-12-21-13-19/h5-15,18,22,27H,4,16-17,19-21H2,1-3H3;2-10,15,19,21H,11-14H2,1H3/t22-;15-/m11/s1. The van der Waals surface area contributed by atoms with E-state index >= 15 is 0 Å². The van der Waals surface area contributed by atoms with E-state index in [1.54, 1.807) is 7.11 Å². The summed E-state index contributed by atoms with van der Waals surface area (Å²) in [6.07, 6.45) is 2.08. The maximum absolute atomic E-state index is 12.3. The lowest BCUT2D eigenvalue weighted by Gasteiger charge is -2.41. The number of methoxy groups -OCH3 is 1. The van der Waals surface area contributed by atoms with Crippen LogP contribution in [0.5, 0.6) is 23.0 Å². The van der Waals surface area contributed by atoms with Crippen LogP contribution in [0.3, 0.4) is 0 Å². The summed E-state index contributed by atoms with van der Waals surface area (Å²) in [4.78, 5) is 26.5. The highest BCUT2D eigenvalue weighted by atomic mass is 16.5. The van der Waals surface area contributed by atoms with E-state index in [2.05, 4.69) is 17.1 Å². The maximum Gasteiger partial charge on any atom is 0.306 e. The molecule has 2 fully saturated rings. The summed E-state index contributed by atoms with van der Waals surface area (Å²) in [5.74, 6) is 3.16. The van der Waals surface area contributed by atoms with Crippen molar-refractivity contribution >= 4 is 17.6 Å². The molecular weight excluding hydrogens is 757 g/mol. The van der Waals surface area contributed by atoms with Crippen LogP contribution in [0, 0.1) is 0 Å². The van der Waals surface area contributed by atoms with E-state index in [0.29, 0.717) is 32.7 Å². The first-order valence-electron chi connectivity index (χ1n) is 20.9. The van der Waals surface area contributed by atoms with Crippen LogP contribution in [0.25, 0.3) is 0 Å². The minimum absolute atomic E-state index is 0.0678. The van der Waals surface area contributed by atoms with Gasteiger partial charge >= 0.3 is 11.9 Å². The van der Waals surface area contributed by atoms with Crippen molar-refractivity contribution in [3.8, 4) is 23.0 Å². The molecule has 316 valence electrons. The topological polar surface area (TPSA) is 105 Å². The third-order valence-corrected chi connectivity index (χ3v) is 10.5. The Balaban J connectivity index is 0.000000218. The molecule has 2 saturated heterocycles. The molecule has 60 heavy (non-hydrogen) atoms. The number of hydrogen-bond donors (Lipinski definition) is 1. The molecule has 0 unspecified atom stereocenters. The quantitative estimate of drug-likeness (QED) is 0.0812. The lowest BCUT2D eigenvalue weighted by molar-refractivity contribution is -0.146. The second-order valence-corrected chi connectivity index (χ2v) is 15.4. The molecular formula is C50H58N2O8. The Morgan fingerprint density at radius 2 is 1.13 bits per heavy atom. The summed E-state index contributed by atoms with van der Waals surface area (Å²) >= 11 is 0. The molecule has 2 atom stereocenters. The number of benzene rings is 5. The van der Waals surface area contributed by atoms with Gasteiger partial charge in [0.15, 0.2) is 0 Å². The van der Waals surface area contributed by atoms with Gasteiger partial charge in [-0.25, -0.2) is 0 Å². The summed E-state index contributed by atoms with van der Waals surface area (Å²) in [5, 5.41) is 3.18. The summed E-state index contributed by atoms with van der Waals surface area (Å²) in [7, 11) is 1.68. The number of carbonyl (C=O) groups is 2.